The SMILES string of the molecule is COc1ccc(CC(=O)Nc2nc3c(s2)CN(C(=O)c2ccccc2)CC3)cc1. The second kappa shape index (κ2) is 8.45. The molecule has 2 amide bonds. The summed E-state index contributed by atoms with van der Waals surface area (Å²) in [5.41, 5.74) is 2.56. The minimum Gasteiger partial charge on any atom is -0.497 e. The number of rotatable bonds is 5. The Hall–Kier alpha value is -3.19. The number of nitrogens with one attached hydrogen (secondary N) is 1. The Balaban J connectivity index is 1.38. The number of nitrogens with zero attached hydrogens (tertiary/aromatic N) is 2. The molecule has 1 aliphatic rings. The molecule has 6 nitrogen and oxygen atoms in total. The highest BCUT2D eigenvalue weighted by molar-refractivity contribution is 7.15. The summed E-state index contributed by atoms with van der Waals surface area (Å²) >= 11 is 1.44. The normalized spacial score (nSPS) is 12.9. The summed E-state index contributed by atoms with van der Waals surface area (Å²) in [4.78, 5) is 32.5. The van der Waals surface area contributed by atoms with Gasteiger partial charge in [0.15, 0.2) is 5.13 Å². The molecular formula is C22H21N3O3S. The van der Waals surface area contributed by atoms with E-state index in [4.69, 9.17) is 4.74 Å². The van der Waals surface area contributed by atoms with Gasteiger partial charge in [0.1, 0.15) is 5.75 Å². The molecule has 0 bridgehead atoms. The first-order chi connectivity index (χ1) is 14.1. The topological polar surface area (TPSA) is 71.5 Å². The van der Waals surface area contributed by atoms with Crippen molar-refractivity contribution in [1.82, 2.24) is 9.88 Å². The van der Waals surface area contributed by atoms with Crippen LogP contribution in [0, 0.1) is 0 Å². The summed E-state index contributed by atoms with van der Waals surface area (Å²) in [6.45, 7) is 1.15. The maximum atomic E-state index is 12.7. The van der Waals surface area contributed by atoms with Crippen molar-refractivity contribution < 1.29 is 14.3 Å². The largest absolute Gasteiger partial charge is 0.497 e. The summed E-state index contributed by atoms with van der Waals surface area (Å²) in [6.07, 6.45) is 0.964. The van der Waals surface area contributed by atoms with Gasteiger partial charge in [-0.05, 0) is 29.8 Å². The average molecular weight is 407 g/mol. The van der Waals surface area contributed by atoms with E-state index in [0.29, 0.717) is 30.2 Å². The highest BCUT2D eigenvalue weighted by atomic mass is 32.1. The molecule has 3 aromatic rings. The minimum atomic E-state index is -0.113. The van der Waals surface area contributed by atoms with Crippen LogP contribution in [-0.2, 0) is 24.2 Å². The van der Waals surface area contributed by atoms with Gasteiger partial charge in [0.05, 0.1) is 25.8 Å². The van der Waals surface area contributed by atoms with E-state index in [0.717, 1.165) is 21.9 Å². The van der Waals surface area contributed by atoms with Crippen LogP contribution in [-0.4, -0.2) is 35.4 Å². The molecule has 1 aromatic heterocycles. The lowest BCUT2D eigenvalue weighted by molar-refractivity contribution is -0.115. The number of fused-ring (bicyclic) bond motifs is 1. The Kier molecular flexibility index (Phi) is 5.57. The van der Waals surface area contributed by atoms with Crippen LogP contribution in [0.1, 0.15) is 26.5 Å². The summed E-state index contributed by atoms with van der Waals surface area (Å²) in [5, 5.41) is 3.47. The first kappa shape index (κ1) is 19.1. The number of methoxy groups -OCH3 is 1. The van der Waals surface area contributed by atoms with Gasteiger partial charge in [0.25, 0.3) is 5.91 Å². The molecule has 0 radical (unpaired) electrons. The fraction of sp³-hybridized carbons (Fsp3) is 0.227. The zero-order valence-corrected chi connectivity index (χ0v) is 16.9. The van der Waals surface area contributed by atoms with Crippen molar-refractivity contribution >= 4 is 28.3 Å². The van der Waals surface area contributed by atoms with Gasteiger partial charge in [-0.1, -0.05) is 41.7 Å². The van der Waals surface area contributed by atoms with Crippen LogP contribution < -0.4 is 10.1 Å². The second-order valence-electron chi connectivity index (χ2n) is 6.80. The number of carbonyl (C=O) groups is 2. The molecule has 148 valence electrons. The zero-order valence-electron chi connectivity index (χ0n) is 16.1. The van der Waals surface area contributed by atoms with Gasteiger partial charge < -0.3 is 15.0 Å². The molecule has 4 rings (SSSR count). The lowest BCUT2D eigenvalue weighted by Gasteiger charge is -2.26. The van der Waals surface area contributed by atoms with E-state index < -0.39 is 0 Å². The van der Waals surface area contributed by atoms with E-state index in [1.807, 2.05) is 59.5 Å². The Morgan fingerprint density at radius 3 is 2.62 bits per heavy atom. The van der Waals surface area contributed by atoms with E-state index in [-0.39, 0.29) is 18.2 Å². The Bertz CT molecular complexity index is 1020. The molecule has 29 heavy (non-hydrogen) atoms. The molecule has 0 atom stereocenters. The average Bonchev–Trinajstić information content (AvgIpc) is 3.15. The third kappa shape index (κ3) is 4.46. The second-order valence-corrected chi connectivity index (χ2v) is 7.89. The number of amides is 2. The van der Waals surface area contributed by atoms with E-state index in [1.54, 1.807) is 7.11 Å². The van der Waals surface area contributed by atoms with Crippen LogP contribution in [0.5, 0.6) is 5.75 Å². The molecule has 0 saturated carbocycles. The van der Waals surface area contributed by atoms with Crippen LogP contribution >= 0.6 is 11.3 Å². The molecule has 0 unspecified atom stereocenters. The Labute approximate surface area is 173 Å². The first-order valence-corrected chi connectivity index (χ1v) is 10.2. The van der Waals surface area contributed by atoms with Crippen molar-refractivity contribution in [3.05, 3.63) is 76.3 Å². The number of hydrogen-bond acceptors (Lipinski definition) is 5. The van der Waals surface area contributed by atoms with Gasteiger partial charge in [0.2, 0.25) is 5.91 Å². The standard InChI is InChI=1S/C22H21N3O3S/c1-28-17-9-7-15(8-10-17)13-20(26)24-22-23-18-11-12-25(14-19(18)29-22)21(27)16-5-3-2-4-6-16/h2-10H,11-14H2,1H3,(H,23,24,26). The van der Waals surface area contributed by atoms with Crippen LogP contribution in [0.15, 0.2) is 54.6 Å². The van der Waals surface area contributed by atoms with Crippen molar-refractivity contribution in [2.45, 2.75) is 19.4 Å². The van der Waals surface area contributed by atoms with E-state index in [2.05, 4.69) is 10.3 Å². The van der Waals surface area contributed by atoms with Crippen LogP contribution in [0.2, 0.25) is 0 Å². The zero-order chi connectivity index (χ0) is 20.2. The maximum absolute atomic E-state index is 12.7. The van der Waals surface area contributed by atoms with Gasteiger partial charge in [-0.25, -0.2) is 4.98 Å². The molecule has 0 fully saturated rings. The third-order valence-electron chi connectivity index (χ3n) is 4.81. The van der Waals surface area contributed by atoms with Gasteiger partial charge in [-0.3, -0.25) is 9.59 Å². The molecular weight excluding hydrogens is 386 g/mol. The Morgan fingerprint density at radius 1 is 1.14 bits per heavy atom. The number of benzene rings is 2. The van der Waals surface area contributed by atoms with Crippen molar-refractivity contribution in [3.8, 4) is 5.75 Å². The number of aromatic nitrogens is 1. The third-order valence-corrected chi connectivity index (χ3v) is 5.81. The Morgan fingerprint density at radius 2 is 1.90 bits per heavy atom. The summed E-state index contributed by atoms with van der Waals surface area (Å²) in [6, 6.07) is 16.7. The summed E-state index contributed by atoms with van der Waals surface area (Å²) in [7, 11) is 1.61. The van der Waals surface area contributed by atoms with Crippen molar-refractivity contribution in [2.24, 2.45) is 0 Å². The summed E-state index contributed by atoms with van der Waals surface area (Å²) < 4.78 is 5.13. The van der Waals surface area contributed by atoms with E-state index in [9.17, 15) is 9.59 Å². The van der Waals surface area contributed by atoms with Gasteiger partial charge in [0, 0.05) is 23.4 Å². The fourth-order valence-electron chi connectivity index (χ4n) is 3.28. The lowest BCUT2D eigenvalue weighted by atomic mass is 10.1. The van der Waals surface area contributed by atoms with Crippen LogP contribution in [0.25, 0.3) is 0 Å². The number of carbonyl (C=O) groups excluding carboxylic acids is 2. The van der Waals surface area contributed by atoms with Crippen molar-refractivity contribution in [1.29, 1.82) is 0 Å². The summed E-state index contributed by atoms with van der Waals surface area (Å²) in [5.74, 6) is 0.671. The fourth-order valence-corrected chi connectivity index (χ4v) is 4.32. The first-order valence-electron chi connectivity index (χ1n) is 9.38. The number of anilines is 1. The van der Waals surface area contributed by atoms with Gasteiger partial charge >= 0.3 is 0 Å². The molecule has 0 spiro atoms. The number of hydrogen-bond donors (Lipinski definition) is 1. The van der Waals surface area contributed by atoms with E-state index in [1.165, 1.54) is 11.3 Å². The van der Waals surface area contributed by atoms with Crippen LogP contribution in [0.4, 0.5) is 5.13 Å². The minimum absolute atomic E-state index is 0.0229. The highest BCUT2D eigenvalue weighted by Gasteiger charge is 2.25. The number of ether oxygens (including phenoxy) is 1. The van der Waals surface area contributed by atoms with Crippen molar-refractivity contribution in [3.63, 3.8) is 0 Å². The molecule has 0 aliphatic carbocycles. The predicted octanol–water partition coefficient (Wildman–Crippen LogP) is 3.53. The highest BCUT2D eigenvalue weighted by Crippen LogP contribution is 2.29. The lowest BCUT2D eigenvalue weighted by Crippen LogP contribution is -2.35. The van der Waals surface area contributed by atoms with Crippen LogP contribution in [0.3, 0.4) is 0 Å². The smallest absolute Gasteiger partial charge is 0.254 e. The molecule has 2 aromatic carbocycles. The van der Waals surface area contributed by atoms with Gasteiger partial charge in [-0.15, -0.1) is 0 Å². The van der Waals surface area contributed by atoms with Gasteiger partial charge in [-0.2, -0.15) is 0 Å². The van der Waals surface area contributed by atoms with Crippen molar-refractivity contribution in [2.75, 3.05) is 19.0 Å². The number of thiazole rings is 1. The molecule has 1 aliphatic heterocycles. The molecule has 1 N–H and O–H groups in total. The monoisotopic (exact) mass is 407 g/mol. The van der Waals surface area contributed by atoms with E-state index >= 15 is 0 Å². The molecule has 7 heteroatoms. The quantitative estimate of drug-likeness (QED) is 0.702. The predicted molar refractivity (Wildman–Crippen MR) is 112 cm³/mol. The molecule has 0 saturated heterocycles. The maximum Gasteiger partial charge on any atom is 0.254 e. The molecule has 2 heterocycles.